The van der Waals surface area contributed by atoms with E-state index in [9.17, 15) is 23.3 Å². The van der Waals surface area contributed by atoms with Crippen molar-refractivity contribution in [1.82, 2.24) is 4.90 Å². The topological polar surface area (TPSA) is 64.8 Å². The van der Waals surface area contributed by atoms with Crippen LogP contribution in [0.3, 0.4) is 0 Å². The van der Waals surface area contributed by atoms with Gasteiger partial charge in [-0.15, -0.1) is 0 Å². The van der Waals surface area contributed by atoms with Crippen molar-refractivity contribution in [2.75, 3.05) is 13.8 Å². The van der Waals surface area contributed by atoms with Crippen LogP contribution < -0.4 is 4.74 Å². The van der Waals surface area contributed by atoms with Crippen molar-refractivity contribution >= 4 is 5.69 Å². The minimum Gasteiger partial charge on any atom is -0.467 e. The lowest BCUT2D eigenvalue weighted by molar-refractivity contribution is -0.385. The van der Waals surface area contributed by atoms with Crippen LogP contribution in [0.15, 0.2) is 36.4 Å². The van der Waals surface area contributed by atoms with E-state index in [0.717, 1.165) is 12.1 Å². The number of rotatable bonds is 5. The van der Waals surface area contributed by atoms with E-state index in [1.807, 2.05) is 4.90 Å². The molecule has 0 aromatic heterocycles. The molecule has 0 radical (unpaired) electrons. The van der Waals surface area contributed by atoms with Crippen LogP contribution >= 0.6 is 0 Å². The molecule has 0 spiro atoms. The first-order chi connectivity index (χ1) is 12.7. The predicted octanol–water partition coefficient (Wildman–Crippen LogP) is 4.11. The number of nitrogens with zero attached hydrogens (tertiary/aromatic N) is 2. The average Bonchev–Trinajstić information content (AvgIpc) is 2.61. The van der Waals surface area contributed by atoms with Crippen molar-refractivity contribution in [3.8, 4) is 5.75 Å². The minimum absolute atomic E-state index is 0.0548. The van der Waals surface area contributed by atoms with E-state index in [1.54, 1.807) is 7.05 Å². The van der Waals surface area contributed by atoms with Gasteiger partial charge in [0, 0.05) is 36.3 Å². The summed E-state index contributed by atoms with van der Waals surface area (Å²) in [4.78, 5) is 12.5. The van der Waals surface area contributed by atoms with Crippen LogP contribution in [0.1, 0.15) is 22.3 Å². The Balaban J connectivity index is 1.76. The minimum atomic E-state index is -4.37. The molecule has 0 bridgehead atoms. The van der Waals surface area contributed by atoms with E-state index in [2.05, 4.69) is 0 Å². The molecule has 144 valence electrons. The zero-order chi connectivity index (χ0) is 19.6. The fourth-order valence-corrected chi connectivity index (χ4v) is 2.96. The van der Waals surface area contributed by atoms with E-state index >= 15 is 0 Å². The Hall–Kier alpha value is -2.65. The average molecular weight is 382 g/mol. The van der Waals surface area contributed by atoms with Crippen molar-refractivity contribution < 1.29 is 27.6 Å². The molecule has 6 nitrogen and oxygen atoms in total. The molecule has 0 amide bonds. The molecular weight excluding hydrogens is 365 g/mol. The number of nitro benzene ring substituents is 1. The molecule has 0 saturated heterocycles. The van der Waals surface area contributed by atoms with Crippen molar-refractivity contribution in [2.24, 2.45) is 0 Å². The highest BCUT2D eigenvalue weighted by molar-refractivity contribution is 5.50. The normalized spacial score (nSPS) is 14.0. The van der Waals surface area contributed by atoms with Gasteiger partial charge < -0.3 is 9.47 Å². The van der Waals surface area contributed by atoms with Gasteiger partial charge >= 0.3 is 6.18 Å². The summed E-state index contributed by atoms with van der Waals surface area (Å²) in [7, 11) is 1.78. The van der Waals surface area contributed by atoms with Crippen LogP contribution in [-0.4, -0.2) is 23.7 Å². The first kappa shape index (κ1) is 19.1. The molecule has 0 saturated carbocycles. The van der Waals surface area contributed by atoms with Gasteiger partial charge in [0.25, 0.3) is 5.69 Å². The van der Waals surface area contributed by atoms with Gasteiger partial charge in [-0.05, 0) is 24.7 Å². The fraction of sp³-hybridized carbons (Fsp3) is 0.333. The SMILES string of the molecule is CN(Cc1ccc(C(F)(F)F)cc1)Cc1cc([N+](=O)[O-])cc2c1OCOC2. The van der Waals surface area contributed by atoms with Gasteiger partial charge in [0.05, 0.1) is 17.1 Å². The Morgan fingerprint density at radius 3 is 2.52 bits per heavy atom. The van der Waals surface area contributed by atoms with Gasteiger partial charge in [0.2, 0.25) is 0 Å². The van der Waals surface area contributed by atoms with Crippen LogP contribution in [0.5, 0.6) is 5.75 Å². The van der Waals surface area contributed by atoms with E-state index in [-0.39, 0.29) is 19.1 Å². The largest absolute Gasteiger partial charge is 0.467 e. The second-order valence-electron chi connectivity index (χ2n) is 6.33. The maximum atomic E-state index is 12.6. The van der Waals surface area contributed by atoms with E-state index in [4.69, 9.17) is 9.47 Å². The second-order valence-corrected chi connectivity index (χ2v) is 6.33. The number of halogens is 3. The third-order valence-corrected chi connectivity index (χ3v) is 4.16. The van der Waals surface area contributed by atoms with Gasteiger partial charge in [-0.25, -0.2) is 0 Å². The Morgan fingerprint density at radius 2 is 1.89 bits per heavy atom. The zero-order valence-electron chi connectivity index (χ0n) is 14.5. The number of benzene rings is 2. The Kier molecular flexibility index (Phi) is 5.33. The highest BCUT2D eigenvalue weighted by atomic mass is 19.4. The van der Waals surface area contributed by atoms with E-state index in [1.165, 1.54) is 24.3 Å². The molecule has 2 aromatic rings. The Labute approximate surface area is 153 Å². The molecule has 9 heteroatoms. The molecule has 1 aliphatic rings. The molecule has 1 aliphatic heterocycles. The predicted molar refractivity (Wildman–Crippen MR) is 90.0 cm³/mol. The van der Waals surface area contributed by atoms with Crippen LogP contribution in [-0.2, 0) is 30.6 Å². The molecule has 1 heterocycles. The fourth-order valence-electron chi connectivity index (χ4n) is 2.96. The van der Waals surface area contributed by atoms with Crippen LogP contribution in [0.25, 0.3) is 0 Å². The Morgan fingerprint density at radius 1 is 1.19 bits per heavy atom. The lowest BCUT2D eigenvalue weighted by Gasteiger charge is -2.23. The van der Waals surface area contributed by atoms with Gasteiger partial charge in [-0.1, -0.05) is 12.1 Å². The lowest BCUT2D eigenvalue weighted by Crippen LogP contribution is -2.20. The van der Waals surface area contributed by atoms with Crippen molar-refractivity contribution in [3.05, 3.63) is 68.8 Å². The summed E-state index contributed by atoms with van der Waals surface area (Å²) < 4.78 is 48.6. The van der Waals surface area contributed by atoms with E-state index in [0.29, 0.717) is 35.5 Å². The second kappa shape index (κ2) is 7.53. The third kappa shape index (κ3) is 4.55. The highest BCUT2D eigenvalue weighted by Crippen LogP contribution is 2.33. The smallest absolute Gasteiger partial charge is 0.416 e. The van der Waals surface area contributed by atoms with Crippen LogP contribution in [0.2, 0.25) is 0 Å². The summed E-state index contributed by atoms with van der Waals surface area (Å²) >= 11 is 0. The molecule has 0 unspecified atom stereocenters. The summed E-state index contributed by atoms with van der Waals surface area (Å²) in [5, 5.41) is 11.1. The maximum Gasteiger partial charge on any atom is 0.416 e. The molecule has 0 N–H and O–H groups in total. The zero-order valence-corrected chi connectivity index (χ0v) is 14.5. The maximum absolute atomic E-state index is 12.6. The molecule has 0 fully saturated rings. The number of nitro groups is 1. The Bertz CT molecular complexity index is 838. The monoisotopic (exact) mass is 382 g/mol. The number of non-ortho nitro benzene ring substituents is 1. The number of hydrogen-bond acceptors (Lipinski definition) is 5. The van der Waals surface area contributed by atoms with E-state index < -0.39 is 16.7 Å². The molecule has 2 aromatic carbocycles. The van der Waals surface area contributed by atoms with Crippen LogP contribution in [0.4, 0.5) is 18.9 Å². The first-order valence-corrected chi connectivity index (χ1v) is 8.09. The summed E-state index contributed by atoms with van der Waals surface area (Å²) in [5.74, 6) is 0.561. The standard InChI is InChI=1S/C18H17F3N2O4/c1-22(8-12-2-4-15(5-3-12)18(19,20)21)9-13-6-16(23(24)25)7-14-10-26-11-27-17(13)14/h2-7H,8-11H2,1H3. The van der Waals surface area contributed by atoms with Crippen LogP contribution in [0, 0.1) is 10.1 Å². The number of ether oxygens (including phenoxy) is 2. The highest BCUT2D eigenvalue weighted by Gasteiger charge is 2.30. The van der Waals surface area contributed by atoms with Crippen molar-refractivity contribution in [3.63, 3.8) is 0 Å². The third-order valence-electron chi connectivity index (χ3n) is 4.16. The van der Waals surface area contributed by atoms with Gasteiger partial charge in [-0.3, -0.25) is 15.0 Å². The number of hydrogen-bond donors (Lipinski definition) is 0. The van der Waals surface area contributed by atoms with Crippen molar-refractivity contribution in [1.29, 1.82) is 0 Å². The molecular formula is C18H17F3N2O4. The van der Waals surface area contributed by atoms with Gasteiger partial charge in [0.15, 0.2) is 6.79 Å². The molecule has 3 rings (SSSR count). The first-order valence-electron chi connectivity index (χ1n) is 8.09. The molecule has 0 aliphatic carbocycles. The van der Waals surface area contributed by atoms with Gasteiger partial charge in [-0.2, -0.15) is 13.2 Å². The quantitative estimate of drug-likeness (QED) is 0.575. The number of fused-ring (bicyclic) bond motifs is 1. The van der Waals surface area contributed by atoms with Crippen molar-refractivity contribution in [2.45, 2.75) is 25.9 Å². The van der Waals surface area contributed by atoms with Gasteiger partial charge in [0.1, 0.15) is 5.75 Å². The summed E-state index contributed by atoms with van der Waals surface area (Å²) in [6.45, 7) is 1.02. The lowest BCUT2D eigenvalue weighted by atomic mass is 10.1. The number of alkyl halides is 3. The summed E-state index contributed by atoms with van der Waals surface area (Å²) in [6.07, 6.45) is -4.37. The summed E-state index contributed by atoms with van der Waals surface area (Å²) in [6, 6.07) is 7.80. The summed E-state index contributed by atoms with van der Waals surface area (Å²) in [5.41, 5.74) is 1.19. The molecule has 0 atom stereocenters. The molecule has 27 heavy (non-hydrogen) atoms.